The van der Waals surface area contributed by atoms with E-state index in [2.05, 4.69) is 10.4 Å². The number of hydrogen-bond donors (Lipinski definition) is 2. The molecule has 0 bridgehead atoms. The van der Waals surface area contributed by atoms with Crippen LogP contribution in [0, 0.1) is 6.92 Å². The van der Waals surface area contributed by atoms with Crippen molar-refractivity contribution in [3.63, 3.8) is 0 Å². The van der Waals surface area contributed by atoms with Crippen molar-refractivity contribution in [2.75, 3.05) is 6.54 Å². The van der Waals surface area contributed by atoms with Gasteiger partial charge >= 0.3 is 0 Å². The van der Waals surface area contributed by atoms with Crippen LogP contribution in [-0.2, 0) is 18.4 Å². The Morgan fingerprint density at radius 2 is 2.24 bits per heavy atom. The highest BCUT2D eigenvalue weighted by Crippen LogP contribution is 2.05. The van der Waals surface area contributed by atoms with E-state index in [-0.39, 0.29) is 5.91 Å². The molecule has 0 spiro atoms. The Morgan fingerprint density at radius 3 is 2.82 bits per heavy atom. The molecule has 5 heteroatoms. The van der Waals surface area contributed by atoms with E-state index in [4.69, 9.17) is 5.73 Å². The van der Waals surface area contributed by atoms with Crippen molar-refractivity contribution in [1.82, 2.24) is 15.1 Å². The van der Waals surface area contributed by atoms with Gasteiger partial charge in [0.15, 0.2) is 0 Å². The molecule has 0 unspecified atom stereocenters. The average Bonchev–Trinajstić information content (AvgIpc) is 2.63. The zero-order chi connectivity index (χ0) is 12.7. The van der Waals surface area contributed by atoms with Gasteiger partial charge in [0, 0.05) is 31.3 Å². The second kappa shape index (κ2) is 7.06. The summed E-state index contributed by atoms with van der Waals surface area (Å²) in [4.78, 5) is 11.5. The fraction of sp³-hybridized carbons (Fsp3) is 0.667. The number of aryl methyl sites for hydroxylation is 1. The Hall–Kier alpha value is -1.36. The van der Waals surface area contributed by atoms with Crippen molar-refractivity contribution in [2.45, 2.75) is 39.2 Å². The Labute approximate surface area is 102 Å². The summed E-state index contributed by atoms with van der Waals surface area (Å²) in [5.41, 5.74) is 7.55. The quantitative estimate of drug-likeness (QED) is 0.692. The number of amides is 1. The van der Waals surface area contributed by atoms with Crippen LogP contribution in [0.1, 0.15) is 36.9 Å². The van der Waals surface area contributed by atoms with Crippen LogP contribution in [-0.4, -0.2) is 22.2 Å². The molecule has 3 N–H and O–H groups in total. The lowest BCUT2D eigenvalue weighted by molar-refractivity contribution is -0.121. The number of nitrogens with one attached hydrogen (secondary N) is 1. The van der Waals surface area contributed by atoms with Gasteiger partial charge in [-0.15, -0.1) is 0 Å². The first kappa shape index (κ1) is 13.7. The number of hydrogen-bond acceptors (Lipinski definition) is 3. The van der Waals surface area contributed by atoms with E-state index in [1.54, 1.807) is 6.20 Å². The van der Waals surface area contributed by atoms with Crippen LogP contribution in [0.25, 0.3) is 0 Å². The fourth-order valence-electron chi connectivity index (χ4n) is 1.61. The first-order valence-electron chi connectivity index (χ1n) is 6.09. The summed E-state index contributed by atoms with van der Waals surface area (Å²) in [6, 6.07) is 0. The summed E-state index contributed by atoms with van der Waals surface area (Å²) >= 11 is 0. The zero-order valence-electron chi connectivity index (χ0n) is 10.7. The summed E-state index contributed by atoms with van der Waals surface area (Å²) in [5.74, 6) is 0.102. The van der Waals surface area contributed by atoms with Crippen LogP contribution < -0.4 is 11.1 Å². The monoisotopic (exact) mass is 238 g/mol. The van der Waals surface area contributed by atoms with Crippen molar-refractivity contribution in [3.8, 4) is 0 Å². The van der Waals surface area contributed by atoms with E-state index in [1.165, 1.54) is 0 Å². The molecule has 1 amide bonds. The molecule has 1 rings (SSSR count). The molecule has 0 aliphatic rings. The molecular weight excluding hydrogens is 216 g/mol. The van der Waals surface area contributed by atoms with Crippen molar-refractivity contribution < 1.29 is 4.79 Å². The summed E-state index contributed by atoms with van der Waals surface area (Å²) in [6.45, 7) is 3.27. The molecule has 0 aromatic carbocycles. The van der Waals surface area contributed by atoms with E-state index < -0.39 is 0 Å². The SMILES string of the molecule is Cc1c(CNC(=O)CCCCCN)cnn1C. The highest BCUT2D eigenvalue weighted by molar-refractivity contribution is 5.75. The van der Waals surface area contributed by atoms with Crippen LogP contribution >= 0.6 is 0 Å². The lowest BCUT2D eigenvalue weighted by atomic mass is 10.2. The number of carbonyl (C=O) groups excluding carboxylic acids is 1. The average molecular weight is 238 g/mol. The van der Waals surface area contributed by atoms with Gasteiger partial charge in [0.05, 0.1) is 6.20 Å². The van der Waals surface area contributed by atoms with Gasteiger partial charge in [0.1, 0.15) is 0 Å². The number of unbranched alkanes of at least 4 members (excludes halogenated alkanes) is 2. The Bertz CT molecular complexity index is 359. The lowest BCUT2D eigenvalue weighted by Crippen LogP contribution is -2.22. The second-order valence-corrected chi connectivity index (χ2v) is 4.25. The van der Waals surface area contributed by atoms with Gasteiger partial charge in [0.25, 0.3) is 0 Å². The van der Waals surface area contributed by atoms with Gasteiger partial charge in [-0.05, 0) is 26.3 Å². The van der Waals surface area contributed by atoms with Gasteiger partial charge in [0.2, 0.25) is 5.91 Å². The van der Waals surface area contributed by atoms with Crippen molar-refractivity contribution in [1.29, 1.82) is 0 Å². The van der Waals surface area contributed by atoms with Gasteiger partial charge in [-0.25, -0.2) is 0 Å². The molecule has 0 atom stereocenters. The molecule has 17 heavy (non-hydrogen) atoms. The number of carbonyl (C=O) groups is 1. The molecule has 0 fully saturated rings. The summed E-state index contributed by atoms with van der Waals surface area (Å²) in [6.07, 6.45) is 5.31. The van der Waals surface area contributed by atoms with E-state index in [0.29, 0.717) is 19.5 Å². The van der Waals surface area contributed by atoms with Crippen LogP contribution in [0.4, 0.5) is 0 Å². The molecule has 96 valence electrons. The predicted octanol–water partition coefficient (Wildman–Crippen LogP) is 0.864. The minimum absolute atomic E-state index is 0.102. The fourth-order valence-corrected chi connectivity index (χ4v) is 1.61. The van der Waals surface area contributed by atoms with E-state index >= 15 is 0 Å². The smallest absolute Gasteiger partial charge is 0.220 e. The molecule has 5 nitrogen and oxygen atoms in total. The molecule has 0 saturated carbocycles. The first-order chi connectivity index (χ1) is 8.15. The molecule has 1 aromatic rings. The van der Waals surface area contributed by atoms with Crippen LogP contribution in [0.3, 0.4) is 0 Å². The molecule has 0 aliphatic heterocycles. The first-order valence-corrected chi connectivity index (χ1v) is 6.09. The summed E-state index contributed by atoms with van der Waals surface area (Å²) < 4.78 is 1.81. The van der Waals surface area contributed by atoms with Gasteiger partial charge in [-0.3, -0.25) is 9.48 Å². The maximum absolute atomic E-state index is 11.5. The van der Waals surface area contributed by atoms with Crippen molar-refractivity contribution in [2.24, 2.45) is 12.8 Å². The number of nitrogens with zero attached hydrogens (tertiary/aromatic N) is 2. The molecule has 0 saturated heterocycles. The third-order valence-corrected chi connectivity index (χ3v) is 2.92. The van der Waals surface area contributed by atoms with E-state index in [9.17, 15) is 4.79 Å². The van der Waals surface area contributed by atoms with Crippen molar-refractivity contribution >= 4 is 5.91 Å². The minimum Gasteiger partial charge on any atom is -0.352 e. The standard InChI is InChI=1S/C12H22N4O/c1-10-11(9-15-16(10)2)8-14-12(17)6-4-3-5-7-13/h9H,3-8,13H2,1-2H3,(H,14,17). The van der Waals surface area contributed by atoms with Crippen LogP contribution in [0.15, 0.2) is 6.20 Å². The maximum atomic E-state index is 11.5. The lowest BCUT2D eigenvalue weighted by Gasteiger charge is -2.04. The number of nitrogens with two attached hydrogens (primary N) is 1. The van der Waals surface area contributed by atoms with Gasteiger partial charge < -0.3 is 11.1 Å². The molecule has 0 radical (unpaired) electrons. The second-order valence-electron chi connectivity index (χ2n) is 4.25. The predicted molar refractivity (Wildman–Crippen MR) is 67.3 cm³/mol. The summed E-state index contributed by atoms with van der Waals surface area (Å²) in [5, 5.41) is 7.04. The highest BCUT2D eigenvalue weighted by Gasteiger charge is 2.05. The van der Waals surface area contributed by atoms with Gasteiger partial charge in [-0.2, -0.15) is 5.10 Å². The van der Waals surface area contributed by atoms with Crippen LogP contribution in [0.5, 0.6) is 0 Å². The highest BCUT2D eigenvalue weighted by atomic mass is 16.1. The van der Waals surface area contributed by atoms with Crippen LogP contribution in [0.2, 0.25) is 0 Å². The van der Waals surface area contributed by atoms with E-state index in [0.717, 1.165) is 30.5 Å². The Morgan fingerprint density at radius 1 is 1.47 bits per heavy atom. The third-order valence-electron chi connectivity index (χ3n) is 2.92. The Balaban J connectivity index is 2.22. The third kappa shape index (κ3) is 4.56. The topological polar surface area (TPSA) is 72.9 Å². The number of rotatable bonds is 7. The maximum Gasteiger partial charge on any atom is 0.220 e. The largest absolute Gasteiger partial charge is 0.352 e. The van der Waals surface area contributed by atoms with Crippen molar-refractivity contribution in [3.05, 3.63) is 17.5 Å². The van der Waals surface area contributed by atoms with Gasteiger partial charge in [-0.1, -0.05) is 6.42 Å². The molecule has 1 heterocycles. The molecular formula is C12H22N4O. The minimum atomic E-state index is 0.102. The number of aromatic nitrogens is 2. The molecule has 1 aromatic heterocycles. The normalized spacial score (nSPS) is 10.5. The molecule has 0 aliphatic carbocycles. The summed E-state index contributed by atoms with van der Waals surface area (Å²) in [7, 11) is 1.90. The van der Waals surface area contributed by atoms with E-state index in [1.807, 2.05) is 18.7 Å². The Kier molecular flexibility index (Phi) is 5.69. The zero-order valence-corrected chi connectivity index (χ0v) is 10.7.